The van der Waals surface area contributed by atoms with Crippen molar-refractivity contribution in [1.82, 2.24) is 15.0 Å². The van der Waals surface area contributed by atoms with Gasteiger partial charge in [-0.05, 0) is 107 Å². The second-order valence-corrected chi connectivity index (χ2v) is 16.3. The highest BCUT2D eigenvalue weighted by molar-refractivity contribution is 6.19. The number of rotatable bonds is 7. The maximum absolute atomic E-state index is 10.5. The molecule has 0 bridgehead atoms. The Balaban J connectivity index is 0.833. The molecule has 4 nitrogen and oxygen atoms in total. The van der Waals surface area contributed by atoms with Crippen molar-refractivity contribution >= 4 is 21.5 Å². The number of hydrogen-bond acceptors (Lipinski definition) is 4. The van der Waals surface area contributed by atoms with E-state index in [0.717, 1.165) is 55.5 Å². The van der Waals surface area contributed by atoms with Crippen LogP contribution in [0.1, 0.15) is 5.56 Å². The molecule has 0 unspecified atom stereocenters. The quantitative estimate of drug-likeness (QED) is 0.161. The Morgan fingerprint density at radius 1 is 0.281 bits per heavy atom. The topological polar surface area (TPSA) is 62.5 Å². The number of aromatic nitrogens is 3. The molecule has 0 fully saturated rings. The highest BCUT2D eigenvalue weighted by Crippen LogP contribution is 2.51. The average molecular weight is 813 g/mol. The van der Waals surface area contributed by atoms with Gasteiger partial charge in [-0.2, -0.15) is 5.26 Å². The van der Waals surface area contributed by atoms with Crippen LogP contribution < -0.4 is 0 Å². The Bertz CT molecular complexity index is 3660. The molecule has 1 aliphatic rings. The monoisotopic (exact) mass is 812 g/mol. The Kier molecular flexibility index (Phi) is 8.84. The predicted octanol–water partition coefficient (Wildman–Crippen LogP) is 15.4. The zero-order valence-electron chi connectivity index (χ0n) is 34.6. The maximum Gasteiger partial charge on any atom is 0.164 e. The molecule has 1 aromatic heterocycles. The van der Waals surface area contributed by atoms with Gasteiger partial charge in [0.25, 0.3) is 0 Å². The van der Waals surface area contributed by atoms with Gasteiger partial charge in [0.15, 0.2) is 17.5 Å². The zero-order valence-corrected chi connectivity index (χ0v) is 34.6. The summed E-state index contributed by atoms with van der Waals surface area (Å²) >= 11 is 0. The van der Waals surface area contributed by atoms with E-state index < -0.39 is 0 Å². The lowest BCUT2D eigenvalue weighted by atomic mass is 9.91. The van der Waals surface area contributed by atoms with Crippen LogP contribution in [-0.2, 0) is 0 Å². The normalized spacial score (nSPS) is 11.4. The van der Waals surface area contributed by atoms with Gasteiger partial charge in [0.1, 0.15) is 0 Å². The lowest BCUT2D eigenvalue weighted by Crippen LogP contribution is -2.00. The minimum Gasteiger partial charge on any atom is -0.208 e. The van der Waals surface area contributed by atoms with Crippen LogP contribution in [-0.4, -0.2) is 15.0 Å². The molecule has 0 aliphatic heterocycles. The van der Waals surface area contributed by atoms with Crippen molar-refractivity contribution in [3.8, 4) is 107 Å². The van der Waals surface area contributed by atoms with Gasteiger partial charge in [-0.25, -0.2) is 15.0 Å². The van der Waals surface area contributed by atoms with Crippen LogP contribution in [0.4, 0.5) is 0 Å². The summed E-state index contributed by atoms with van der Waals surface area (Å²) in [5.41, 5.74) is 17.0. The molecule has 0 amide bonds. The van der Waals surface area contributed by atoms with Crippen molar-refractivity contribution in [3.63, 3.8) is 0 Å². The first-order valence-electron chi connectivity index (χ1n) is 21.5. The molecule has 1 aliphatic carbocycles. The van der Waals surface area contributed by atoms with Gasteiger partial charge in [0, 0.05) is 16.7 Å². The van der Waals surface area contributed by atoms with Gasteiger partial charge in [-0.1, -0.05) is 200 Å². The zero-order chi connectivity index (χ0) is 42.6. The Labute approximate surface area is 371 Å². The van der Waals surface area contributed by atoms with E-state index in [1.54, 1.807) is 0 Å². The largest absolute Gasteiger partial charge is 0.208 e. The maximum atomic E-state index is 10.5. The number of fused-ring (bicyclic) bond motifs is 4. The summed E-state index contributed by atoms with van der Waals surface area (Å²) < 4.78 is 0. The van der Waals surface area contributed by atoms with Gasteiger partial charge in [0.05, 0.1) is 11.6 Å². The van der Waals surface area contributed by atoms with Gasteiger partial charge >= 0.3 is 0 Å². The molecule has 64 heavy (non-hydrogen) atoms. The molecule has 4 heteroatoms. The molecule has 12 rings (SSSR count). The molecule has 0 saturated heterocycles. The molecule has 0 saturated carbocycles. The van der Waals surface area contributed by atoms with Crippen LogP contribution in [0.2, 0.25) is 0 Å². The van der Waals surface area contributed by atoms with E-state index in [-0.39, 0.29) is 0 Å². The van der Waals surface area contributed by atoms with Gasteiger partial charge in [0.2, 0.25) is 0 Å². The SMILES string of the molecule is N#Cc1cc(-c2ccc(-c3ccc4cccc5c4c3-c3ccccc3-5)cc2)ccc1-c1cccc(-c2ccc(-c3nc(-c4ccccc4)nc(-c4ccc5ccccc5c4)n3)cc2)c1. The van der Waals surface area contributed by atoms with Gasteiger partial charge < -0.3 is 0 Å². The molecule has 0 radical (unpaired) electrons. The fourth-order valence-electron chi connectivity index (χ4n) is 9.33. The Hall–Kier alpha value is -8.78. The summed E-state index contributed by atoms with van der Waals surface area (Å²) in [6.07, 6.45) is 0. The first kappa shape index (κ1) is 37.0. The van der Waals surface area contributed by atoms with Gasteiger partial charge in [-0.15, -0.1) is 0 Å². The van der Waals surface area contributed by atoms with Crippen molar-refractivity contribution in [1.29, 1.82) is 5.26 Å². The number of hydrogen-bond donors (Lipinski definition) is 0. The van der Waals surface area contributed by atoms with Crippen molar-refractivity contribution in [2.75, 3.05) is 0 Å². The van der Waals surface area contributed by atoms with E-state index in [4.69, 9.17) is 15.0 Å². The minimum atomic E-state index is 0.609. The Morgan fingerprint density at radius 2 is 0.781 bits per heavy atom. The number of nitriles is 1. The molecule has 296 valence electrons. The Morgan fingerprint density at radius 3 is 1.55 bits per heavy atom. The summed E-state index contributed by atoms with van der Waals surface area (Å²) in [6, 6.07) is 78.7. The van der Waals surface area contributed by atoms with Crippen LogP contribution in [0.3, 0.4) is 0 Å². The minimum absolute atomic E-state index is 0.609. The second kappa shape index (κ2) is 15.3. The summed E-state index contributed by atoms with van der Waals surface area (Å²) in [7, 11) is 0. The van der Waals surface area contributed by atoms with Crippen LogP contribution in [0.5, 0.6) is 0 Å². The third kappa shape index (κ3) is 6.43. The van der Waals surface area contributed by atoms with E-state index in [0.29, 0.717) is 23.0 Å². The van der Waals surface area contributed by atoms with Crippen molar-refractivity contribution in [3.05, 3.63) is 224 Å². The summed E-state index contributed by atoms with van der Waals surface area (Å²) in [6.45, 7) is 0. The highest BCUT2D eigenvalue weighted by Gasteiger charge is 2.24. The number of nitrogens with zero attached hydrogens (tertiary/aromatic N) is 4. The van der Waals surface area contributed by atoms with Crippen LogP contribution in [0, 0.1) is 11.3 Å². The molecular formula is C60H36N4. The fourth-order valence-corrected chi connectivity index (χ4v) is 9.33. The van der Waals surface area contributed by atoms with Crippen molar-refractivity contribution in [2.45, 2.75) is 0 Å². The molecule has 10 aromatic carbocycles. The van der Waals surface area contributed by atoms with Crippen LogP contribution in [0.15, 0.2) is 218 Å². The molecule has 0 spiro atoms. The lowest BCUT2D eigenvalue weighted by molar-refractivity contribution is 1.07. The van der Waals surface area contributed by atoms with E-state index in [9.17, 15) is 5.26 Å². The highest BCUT2D eigenvalue weighted by atomic mass is 15.0. The summed E-state index contributed by atoms with van der Waals surface area (Å²) in [5.74, 6) is 1.86. The third-order valence-corrected chi connectivity index (χ3v) is 12.5. The molecule has 11 aromatic rings. The molecular weight excluding hydrogens is 777 g/mol. The van der Waals surface area contributed by atoms with E-state index in [2.05, 4.69) is 176 Å². The standard InChI is InChI=1S/C60H36N4/c61-37-50-36-47(40-20-25-41(26-21-40)52-33-30-42-14-9-19-54-53-17-6-7-18-55(53)57(52)56(42)54)31-32-51(50)48-16-8-15-46(34-48)39-22-27-44(28-23-39)59-62-58(43-11-2-1-3-12-43)63-60(64-59)49-29-24-38-10-4-5-13-45(38)35-49/h1-36H. The van der Waals surface area contributed by atoms with E-state index in [1.807, 2.05) is 48.5 Å². The molecule has 0 N–H and O–H groups in total. The third-order valence-electron chi connectivity index (χ3n) is 12.5. The fraction of sp³-hybridized carbons (Fsp3) is 0. The lowest BCUT2D eigenvalue weighted by Gasteiger charge is -2.13. The molecule has 0 atom stereocenters. The van der Waals surface area contributed by atoms with E-state index >= 15 is 0 Å². The van der Waals surface area contributed by atoms with Gasteiger partial charge in [-0.3, -0.25) is 0 Å². The van der Waals surface area contributed by atoms with E-state index in [1.165, 1.54) is 49.5 Å². The smallest absolute Gasteiger partial charge is 0.164 e. The molecule has 1 heterocycles. The second-order valence-electron chi connectivity index (χ2n) is 16.3. The van der Waals surface area contributed by atoms with Crippen LogP contribution in [0.25, 0.3) is 122 Å². The predicted molar refractivity (Wildman–Crippen MR) is 262 cm³/mol. The van der Waals surface area contributed by atoms with Crippen LogP contribution >= 0.6 is 0 Å². The average Bonchev–Trinajstić information content (AvgIpc) is 3.72. The summed E-state index contributed by atoms with van der Waals surface area (Å²) in [5, 5.41) is 15.4. The first-order valence-corrected chi connectivity index (χ1v) is 21.5. The summed E-state index contributed by atoms with van der Waals surface area (Å²) in [4.78, 5) is 14.9. The van der Waals surface area contributed by atoms with Crippen molar-refractivity contribution < 1.29 is 0 Å². The number of benzene rings is 10. The first-order chi connectivity index (χ1) is 31.6. The van der Waals surface area contributed by atoms with Crippen molar-refractivity contribution in [2.24, 2.45) is 0 Å².